The van der Waals surface area contributed by atoms with Crippen molar-refractivity contribution in [1.29, 1.82) is 0 Å². The third-order valence-corrected chi connectivity index (χ3v) is 2.09. The molecule has 0 saturated heterocycles. The number of aromatic nitrogens is 3. The number of aromatic amines is 1. The second kappa shape index (κ2) is 4.36. The molecule has 0 fully saturated rings. The first kappa shape index (κ1) is 10.7. The largest absolute Gasteiger partial charge is 0.388 e. The van der Waals surface area contributed by atoms with Gasteiger partial charge in [0.2, 0.25) is 0 Å². The topological polar surface area (TPSA) is 61.8 Å². The zero-order chi connectivity index (χ0) is 11.5. The Bertz CT molecular complexity index is 499. The summed E-state index contributed by atoms with van der Waals surface area (Å²) in [7, 11) is 0. The van der Waals surface area contributed by atoms with E-state index in [0.29, 0.717) is 11.4 Å². The summed E-state index contributed by atoms with van der Waals surface area (Å²) in [5, 5.41) is 15.0. The van der Waals surface area contributed by atoms with Gasteiger partial charge in [-0.15, -0.1) is 0 Å². The van der Waals surface area contributed by atoms with E-state index in [1.54, 1.807) is 0 Å². The molecule has 2 rings (SSSR count). The molecule has 84 valence electrons. The first-order chi connectivity index (χ1) is 7.69. The maximum Gasteiger partial charge on any atom is 0.176 e. The Labute approximate surface area is 90.0 Å². The number of rotatable bonds is 3. The molecule has 0 amide bonds. The van der Waals surface area contributed by atoms with Crippen molar-refractivity contribution in [2.75, 3.05) is 0 Å². The van der Waals surface area contributed by atoms with E-state index in [2.05, 4.69) is 15.2 Å². The number of aliphatic hydroxyl groups excluding tert-OH is 1. The van der Waals surface area contributed by atoms with Crippen molar-refractivity contribution in [2.45, 2.75) is 13.0 Å². The molecule has 2 N–H and O–H groups in total. The highest BCUT2D eigenvalue weighted by atomic mass is 19.1. The minimum atomic E-state index is -0.623. The Morgan fingerprint density at radius 1 is 1.31 bits per heavy atom. The number of nitrogens with zero attached hydrogens (tertiary/aromatic N) is 2. The minimum Gasteiger partial charge on any atom is -0.388 e. The fraction of sp³-hybridized carbons (Fsp3) is 0.200. The number of hydrogen-bond donors (Lipinski definition) is 2. The molecule has 2 aromatic rings. The lowest BCUT2D eigenvalue weighted by Crippen LogP contribution is -1.96. The minimum absolute atomic E-state index is 0.180. The molecule has 0 radical (unpaired) electrons. The third-order valence-electron chi connectivity index (χ3n) is 2.09. The summed E-state index contributed by atoms with van der Waals surface area (Å²) >= 11 is 0. The Morgan fingerprint density at radius 2 is 2.12 bits per heavy atom. The molecular weight excluding hydrogens is 216 g/mol. The van der Waals surface area contributed by atoms with Crippen LogP contribution in [-0.4, -0.2) is 20.3 Å². The summed E-state index contributed by atoms with van der Waals surface area (Å²) in [4.78, 5) is 3.91. The van der Waals surface area contributed by atoms with Crippen LogP contribution in [0.3, 0.4) is 0 Å². The summed E-state index contributed by atoms with van der Waals surface area (Å²) in [6, 6.07) is 3.35. The quantitative estimate of drug-likeness (QED) is 0.824. The van der Waals surface area contributed by atoms with Crippen LogP contribution in [0, 0.1) is 11.6 Å². The van der Waals surface area contributed by atoms with Crippen molar-refractivity contribution in [3.05, 3.63) is 47.0 Å². The summed E-state index contributed by atoms with van der Waals surface area (Å²) in [5.74, 6) is -0.566. The van der Waals surface area contributed by atoms with Crippen molar-refractivity contribution in [1.82, 2.24) is 15.2 Å². The molecule has 16 heavy (non-hydrogen) atoms. The van der Waals surface area contributed by atoms with E-state index >= 15 is 0 Å². The van der Waals surface area contributed by atoms with E-state index in [1.165, 1.54) is 12.1 Å². The van der Waals surface area contributed by atoms with E-state index in [-0.39, 0.29) is 18.9 Å². The van der Waals surface area contributed by atoms with Crippen LogP contribution in [0.1, 0.15) is 17.2 Å². The molecule has 0 atom stereocenters. The highest BCUT2D eigenvalue weighted by molar-refractivity contribution is 5.21. The monoisotopic (exact) mass is 225 g/mol. The summed E-state index contributed by atoms with van der Waals surface area (Å²) in [6.45, 7) is -0.275. The number of benzene rings is 1. The standard InChI is InChI=1S/C10H9F2N3O/c11-7-2-1-6(8(12)4-7)3-9-13-10(5-16)15-14-9/h1-2,4,16H,3,5H2,(H,13,14,15). The van der Waals surface area contributed by atoms with Gasteiger partial charge in [0.05, 0.1) is 0 Å². The molecule has 1 heterocycles. The predicted molar refractivity (Wildman–Crippen MR) is 51.5 cm³/mol. The first-order valence-corrected chi connectivity index (χ1v) is 4.64. The molecule has 0 saturated carbocycles. The summed E-state index contributed by atoms with van der Waals surface area (Å²) < 4.78 is 25.9. The number of halogens is 2. The maximum absolute atomic E-state index is 13.3. The van der Waals surface area contributed by atoms with Gasteiger partial charge in [-0.2, -0.15) is 5.10 Å². The lowest BCUT2D eigenvalue weighted by molar-refractivity contribution is 0.272. The lowest BCUT2D eigenvalue weighted by atomic mass is 10.1. The average molecular weight is 225 g/mol. The fourth-order valence-corrected chi connectivity index (χ4v) is 1.33. The summed E-state index contributed by atoms with van der Waals surface area (Å²) in [6.07, 6.45) is 0.180. The van der Waals surface area contributed by atoms with Gasteiger partial charge in [0.15, 0.2) is 5.82 Å². The van der Waals surface area contributed by atoms with Crippen LogP contribution in [0.4, 0.5) is 8.78 Å². The average Bonchev–Trinajstić information content (AvgIpc) is 2.70. The molecule has 0 spiro atoms. The lowest BCUT2D eigenvalue weighted by Gasteiger charge is -1.99. The van der Waals surface area contributed by atoms with Gasteiger partial charge in [0.25, 0.3) is 0 Å². The zero-order valence-corrected chi connectivity index (χ0v) is 8.24. The number of nitrogens with one attached hydrogen (secondary N) is 1. The van der Waals surface area contributed by atoms with Gasteiger partial charge in [-0.3, -0.25) is 5.10 Å². The number of H-pyrrole nitrogens is 1. The van der Waals surface area contributed by atoms with Crippen molar-refractivity contribution >= 4 is 0 Å². The predicted octanol–water partition coefficient (Wildman–Crippen LogP) is 1.17. The van der Waals surface area contributed by atoms with Crippen molar-refractivity contribution < 1.29 is 13.9 Å². The highest BCUT2D eigenvalue weighted by Gasteiger charge is 2.08. The Kier molecular flexibility index (Phi) is 2.91. The van der Waals surface area contributed by atoms with Crippen LogP contribution in [-0.2, 0) is 13.0 Å². The van der Waals surface area contributed by atoms with Crippen LogP contribution >= 0.6 is 0 Å². The Hall–Kier alpha value is -1.82. The van der Waals surface area contributed by atoms with Crippen LogP contribution < -0.4 is 0 Å². The molecule has 0 aliphatic rings. The second-order valence-corrected chi connectivity index (χ2v) is 3.27. The Morgan fingerprint density at radius 3 is 2.75 bits per heavy atom. The number of aliphatic hydroxyl groups is 1. The highest BCUT2D eigenvalue weighted by Crippen LogP contribution is 2.12. The van der Waals surface area contributed by atoms with Gasteiger partial charge in [-0.05, 0) is 11.6 Å². The first-order valence-electron chi connectivity index (χ1n) is 4.64. The molecule has 0 bridgehead atoms. The van der Waals surface area contributed by atoms with Gasteiger partial charge in [-0.1, -0.05) is 6.07 Å². The smallest absolute Gasteiger partial charge is 0.176 e. The molecular formula is C10H9F2N3O. The van der Waals surface area contributed by atoms with Crippen LogP contribution in [0.5, 0.6) is 0 Å². The SMILES string of the molecule is OCc1n[nH]c(Cc2ccc(F)cc2F)n1. The van der Waals surface area contributed by atoms with Crippen LogP contribution in [0.15, 0.2) is 18.2 Å². The molecule has 1 aromatic heterocycles. The van der Waals surface area contributed by atoms with Gasteiger partial charge in [0.1, 0.15) is 24.1 Å². The van der Waals surface area contributed by atoms with E-state index < -0.39 is 11.6 Å². The molecule has 0 unspecified atom stereocenters. The molecule has 1 aromatic carbocycles. The normalized spacial score (nSPS) is 10.7. The zero-order valence-electron chi connectivity index (χ0n) is 8.24. The number of hydrogen-bond acceptors (Lipinski definition) is 3. The molecule has 0 aliphatic carbocycles. The molecule has 6 heteroatoms. The van der Waals surface area contributed by atoms with E-state index in [0.717, 1.165) is 6.07 Å². The maximum atomic E-state index is 13.3. The second-order valence-electron chi connectivity index (χ2n) is 3.27. The summed E-state index contributed by atoms with van der Waals surface area (Å²) in [5.41, 5.74) is 0.321. The third kappa shape index (κ3) is 2.22. The van der Waals surface area contributed by atoms with E-state index in [4.69, 9.17) is 5.11 Å². The van der Waals surface area contributed by atoms with Crippen molar-refractivity contribution in [3.8, 4) is 0 Å². The van der Waals surface area contributed by atoms with Crippen molar-refractivity contribution in [2.24, 2.45) is 0 Å². The fourth-order valence-electron chi connectivity index (χ4n) is 1.33. The molecule has 0 aliphatic heterocycles. The van der Waals surface area contributed by atoms with Crippen LogP contribution in [0.2, 0.25) is 0 Å². The van der Waals surface area contributed by atoms with Gasteiger partial charge in [0, 0.05) is 12.5 Å². The van der Waals surface area contributed by atoms with Gasteiger partial charge in [-0.25, -0.2) is 13.8 Å². The van der Waals surface area contributed by atoms with E-state index in [9.17, 15) is 8.78 Å². The van der Waals surface area contributed by atoms with Gasteiger partial charge < -0.3 is 5.11 Å². The van der Waals surface area contributed by atoms with E-state index in [1.807, 2.05) is 0 Å². The van der Waals surface area contributed by atoms with Gasteiger partial charge >= 0.3 is 0 Å². The van der Waals surface area contributed by atoms with Crippen molar-refractivity contribution in [3.63, 3.8) is 0 Å². The van der Waals surface area contributed by atoms with Crippen LogP contribution in [0.25, 0.3) is 0 Å². The Balaban J connectivity index is 2.20. The molecule has 4 nitrogen and oxygen atoms in total.